The quantitative estimate of drug-likeness (QED) is 0.634. The molecule has 0 aliphatic heterocycles. The first-order chi connectivity index (χ1) is 9.05. The number of hydrogen-bond donors (Lipinski definition) is 0. The standard InChI is InChI=1S/C11H8F6O3/c1-19-7-4-2-3-6(5-7)8(18)20-9(10(12,13)14)11(15,16)17/h2-5,9H,1H3. The maximum atomic E-state index is 12.2. The van der Waals surface area contributed by atoms with Crippen molar-refractivity contribution in [2.24, 2.45) is 0 Å². The Labute approximate surface area is 109 Å². The van der Waals surface area contributed by atoms with Gasteiger partial charge < -0.3 is 9.47 Å². The van der Waals surface area contributed by atoms with Crippen molar-refractivity contribution < 1.29 is 40.6 Å². The molecule has 1 aromatic rings. The zero-order valence-corrected chi connectivity index (χ0v) is 9.88. The predicted octanol–water partition coefficient (Wildman–Crippen LogP) is 3.35. The van der Waals surface area contributed by atoms with Gasteiger partial charge in [-0.05, 0) is 18.2 Å². The lowest BCUT2D eigenvalue weighted by Crippen LogP contribution is -2.45. The molecule has 0 aliphatic carbocycles. The van der Waals surface area contributed by atoms with E-state index in [1.165, 1.54) is 19.2 Å². The molecule has 0 aromatic heterocycles. The van der Waals surface area contributed by atoms with E-state index < -0.39 is 30.0 Å². The van der Waals surface area contributed by atoms with Crippen molar-refractivity contribution in [1.82, 2.24) is 0 Å². The van der Waals surface area contributed by atoms with Crippen LogP contribution in [0.5, 0.6) is 5.75 Å². The molecule has 0 N–H and O–H groups in total. The Kier molecular flexibility index (Phi) is 4.51. The van der Waals surface area contributed by atoms with E-state index in [9.17, 15) is 31.1 Å². The summed E-state index contributed by atoms with van der Waals surface area (Å²) in [5.74, 6) is -1.65. The van der Waals surface area contributed by atoms with Crippen LogP contribution < -0.4 is 4.74 Å². The maximum absolute atomic E-state index is 12.2. The van der Waals surface area contributed by atoms with Crippen LogP contribution in [-0.4, -0.2) is 31.5 Å². The van der Waals surface area contributed by atoms with Gasteiger partial charge in [-0.2, -0.15) is 26.3 Å². The highest BCUT2D eigenvalue weighted by Crippen LogP contribution is 2.36. The molecule has 0 heterocycles. The largest absolute Gasteiger partial charge is 0.497 e. The molecule has 0 atom stereocenters. The highest BCUT2D eigenvalue weighted by atomic mass is 19.4. The molecule has 0 aliphatic rings. The predicted molar refractivity (Wildman–Crippen MR) is 54.3 cm³/mol. The minimum atomic E-state index is -5.74. The number of hydrogen-bond acceptors (Lipinski definition) is 3. The second-order valence-electron chi connectivity index (χ2n) is 3.60. The van der Waals surface area contributed by atoms with E-state index in [1.54, 1.807) is 0 Å². The van der Waals surface area contributed by atoms with E-state index in [4.69, 9.17) is 4.74 Å². The molecule has 0 radical (unpaired) electrons. The van der Waals surface area contributed by atoms with Gasteiger partial charge in [-0.15, -0.1) is 0 Å². The van der Waals surface area contributed by atoms with E-state index in [1.807, 2.05) is 0 Å². The molecule has 0 fully saturated rings. The molecule has 112 valence electrons. The van der Waals surface area contributed by atoms with Crippen LogP contribution in [0.4, 0.5) is 26.3 Å². The molecule has 0 bridgehead atoms. The molecule has 0 spiro atoms. The summed E-state index contributed by atoms with van der Waals surface area (Å²) in [5.41, 5.74) is -0.483. The van der Waals surface area contributed by atoms with Gasteiger partial charge in [0.2, 0.25) is 0 Å². The molecule has 0 amide bonds. The Morgan fingerprint density at radius 1 is 1.10 bits per heavy atom. The average Bonchev–Trinajstić information content (AvgIpc) is 2.33. The van der Waals surface area contributed by atoms with E-state index in [0.717, 1.165) is 12.1 Å². The summed E-state index contributed by atoms with van der Waals surface area (Å²) >= 11 is 0. The minimum Gasteiger partial charge on any atom is -0.497 e. The summed E-state index contributed by atoms with van der Waals surface area (Å²) in [5, 5.41) is 0. The Balaban J connectivity index is 2.97. The molecule has 0 saturated carbocycles. The summed E-state index contributed by atoms with van der Waals surface area (Å²) in [4.78, 5) is 11.3. The summed E-state index contributed by atoms with van der Waals surface area (Å²) < 4.78 is 81.5. The van der Waals surface area contributed by atoms with Gasteiger partial charge in [0, 0.05) is 0 Å². The van der Waals surface area contributed by atoms with Crippen molar-refractivity contribution in [3.8, 4) is 5.75 Å². The second-order valence-corrected chi connectivity index (χ2v) is 3.60. The van der Waals surface area contributed by atoms with Crippen molar-refractivity contribution >= 4 is 5.97 Å². The lowest BCUT2D eigenvalue weighted by Gasteiger charge is -2.22. The Morgan fingerprint density at radius 2 is 1.65 bits per heavy atom. The fraction of sp³-hybridized carbons (Fsp3) is 0.364. The molecule has 9 heteroatoms. The molecule has 0 unspecified atom stereocenters. The summed E-state index contributed by atoms with van der Waals surface area (Å²) in [7, 11) is 1.22. The van der Waals surface area contributed by atoms with Crippen LogP contribution in [0, 0.1) is 0 Å². The lowest BCUT2D eigenvalue weighted by atomic mass is 10.2. The van der Waals surface area contributed by atoms with E-state index >= 15 is 0 Å². The van der Waals surface area contributed by atoms with Gasteiger partial charge in [-0.25, -0.2) is 4.79 Å². The molecule has 1 rings (SSSR count). The van der Waals surface area contributed by atoms with Gasteiger partial charge in [0.15, 0.2) is 0 Å². The van der Waals surface area contributed by atoms with Gasteiger partial charge in [0.05, 0.1) is 12.7 Å². The lowest BCUT2D eigenvalue weighted by molar-refractivity contribution is -0.307. The van der Waals surface area contributed by atoms with Crippen molar-refractivity contribution in [3.05, 3.63) is 29.8 Å². The topological polar surface area (TPSA) is 35.5 Å². The monoisotopic (exact) mass is 302 g/mol. The number of methoxy groups -OCH3 is 1. The van der Waals surface area contributed by atoms with Crippen molar-refractivity contribution in [1.29, 1.82) is 0 Å². The van der Waals surface area contributed by atoms with Crippen LogP contribution in [0.3, 0.4) is 0 Å². The number of benzene rings is 1. The fourth-order valence-electron chi connectivity index (χ4n) is 1.24. The van der Waals surface area contributed by atoms with Crippen molar-refractivity contribution in [3.63, 3.8) is 0 Å². The first kappa shape index (κ1) is 16.1. The van der Waals surface area contributed by atoms with Crippen LogP contribution in [-0.2, 0) is 4.74 Å². The summed E-state index contributed by atoms with van der Waals surface area (Å²) in [6.45, 7) is 0. The first-order valence-corrected chi connectivity index (χ1v) is 5.04. The minimum absolute atomic E-state index is 0.0926. The number of rotatable bonds is 3. The molecule has 1 aromatic carbocycles. The zero-order valence-electron chi connectivity index (χ0n) is 9.88. The molecule has 20 heavy (non-hydrogen) atoms. The van der Waals surface area contributed by atoms with Gasteiger partial charge in [-0.3, -0.25) is 0 Å². The number of esters is 1. The van der Waals surface area contributed by atoms with Gasteiger partial charge in [0.25, 0.3) is 6.10 Å². The fourth-order valence-corrected chi connectivity index (χ4v) is 1.24. The Bertz CT molecular complexity index is 466. The number of halogens is 6. The smallest absolute Gasteiger partial charge is 0.434 e. The second kappa shape index (κ2) is 5.59. The van der Waals surface area contributed by atoms with E-state index in [2.05, 4.69) is 4.74 Å². The van der Waals surface area contributed by atoms with Crippen LogP contribution in [0.1, 0.15) is 10.4 Å². The number of carbonyl (C=O) groups is 1. The van der Waals surface area contributed by atoms with Crippen molar-refractivity contribution in [2.75, 3.05) is 7.11 Å². The highest BCUT2D eigenvalue weighted by molar-refractivity contribution is 5.90. The number of carbonyl (C=O) groups excluding carboxylic acids is 1. The summed E-state index contributed by atoms with van der Waals surface area (Å²) in [6.07, 6.45) is -15.7. The first-order valence-electron chi connectivity index (χ1n) is 5.04. The zero-order chi connectivity index (χ0) is 15.6. The molecule has 3 nitrogen and oxygen atoms in total. The maximum Gasteiger partial charge on any atom is 0.434 e. The number of ether oxygens (including phenoxy) is 2. The highest BCUT2D eigenvalue weighted by Gasteiger charge is 2.59. The van der Waals surface area contributed by atoms with E-state index in [0.29, 0.717) is 0 Å². The van der Waals surface area contributed by atoms with Crippen molar-refractivity contribution in [2.45, 2.75) is 18.5 Å². The number of alkyl halides is 6. The SMILES string of the molecule is COc1cccc(C(=O)OC(C(F)(F)F)C(F)(F)F)c1. The molecular formula is C11H8F6O3. The Morgan fingerprint density at radius 3 is 2.10 bits per heavy atom. The van der Waals surface area contributed by atoms with Gasteiger partial charge >= 0.3 is 18.3 Å². The van der Waals surface area contributed by atoms with Crippen LogP contribution in [0.2, 0.25) is 0 Å². The van der Waals surface area contributed by atoms with Gasteiger partial charge in [0.1, 0.15) is 5.75 Å². The normalized spacial score (nSPS) is 12.4. The molecule has 0 saturated heterocycles. The molecular weight excluding hydrogens is 294 g/mol. The summed E-state index contributed by atoms with van der Waals surface area (Å²) in [6, 6.07) is 4.56. The third kappa shape index (κ3) is 4.04. The third-order valence-corrected chi connectivity index (χ3v) is 2.12. The Hall–Kier alpha value is -1.93. The third-order valence-electron chi connectivity index (χ3n) is 2.12. The van der Waals surface area contributed by atoms with Crippen LogP contribution in [0.25, 0.3) is 0 Å². The van der Waals surface area contributed by atoms with Crippen LogP contribution >= 0.6 is 0 Å². The van der Waals surface area contributed by atoms with Gasteiger partial charge in [-0.1, -0.05) is 6.07 Å². The average molecular weight is 302 g/mol. The van der Waals surface area contributed by atoms with E-state index in [-0.39, 0.29) is 5.75 Å². The van der Waals surface area contributed by atoms with Crippen LogP contribution in [0.15, 0.2) is 24.3 Å².